The zero-order chi connectivity index (χ0) is 12.3. The van der Waals surface area contributed by atoms with E-state index in [1.165, 1.54) is 5.56 Å². The third-order valence-corrected chi connectivity index (χ3v) is 3.83. The number of hydrogen-bond acceptors (Lipinski definition) is 3. The quantitative estimate of drug-likeness (QED) is 0.789. The second-order valence-corrected chi connectivity index (χ2v) is 5.52. The first kappa shape index (κ1) is 12.3. The molecule has 4 heteroatoms. The van der Waals surface area contributed by atoms with Gasteiger partial charge in [-0.2, -0.15) is 0 Å². The Morgan fingerprint density at radius 3 is 2.59 bits per heavy atom. The maximum absolute atomic E-state index is 10.7. The fourth-order valence-electron chi connectivity index (χ4n) is 1.58. The zero-order valence-corrected chi connectivity index (χ0v) is 11.0. The van der Waals surface area contributed by atoms with Gasteiger partial charge in [0.2, 0.25) is 0 Å². The van der Waals surface area contributed by atoms with E-state index in [9.17, 15) is 4.79 Å². The third kappa shape index (κ3) is 3.14. The molecule has 1 heterocycles. The molecule has 0 saturated heterocycles. The van der Waals surface area contributed by atoms with E-state index >= 15 is 0 Å². The molecule has 0 radical (unpaired) electrons. The standard InChI is InChI=1S/C13H12ClNOS/c1-9-12(8-16)15-13(17-9)7-4-10-2-5-11(14)6-3-10/h2-3,5-6,8H,4,7H2,1H3. The highest BCUT2D eigenvalue weighted by Gasteiger charge is 2.06. The number of hydrogen-bond donors (Lipinski definition) is 0. The first-order valence-corrected chi connectivity index (χ1v) is 6.54. The van der Waals surface area contributed by atoms with Crippen molar-refractivity contribution in [3.8, 4) is 0 Å². The van der Waals surface area contributed by atoms with E-state index in [2.05, 4.69) is 4.98 Å². The molecule has 0 unspecified atom stereocenters. The summed E-state index contributed by atoms with van der Waals surface area (Å²) >= 11 is 7.42. The van der Waals surface area contributed by atoms with Crippen molar-refractivity contribution >= 4 is 29.2 Å². The van der Waals surface area contributed by atoms with Crippen LogP contribution in [0.25, 0.3) is 0 Å². The number of nitrogens with zero attached hydrogens (tertiary/aromatic N) is 1. The number of aryl methyl sites for hydroxylation is 3. The van der Waals surface area contributed by atoms with E-state index in [1.54, 1.807) is 11.3 Å². The van der Waals surface area contributed by atoms with Crippen LogP contribution in [-0.4, -0.2) is 11.3 Å². The summed E-state index contributed by atoms with van der Waals surface area (Å²) in [5.74, 6) is 0. The lowest BCUT2D eigenvalue weighted by Crippen LogP contribution is -1.91. The van der Waals surface area contributed by atoms with Crippen molar-refractivity contribution in [2.75, 3.05) is 0 Å². The van der Waals surface area contributed by atoms with Crippen LogP contribution in [0.3, 0.4) is 0 Å². The summed E-state index contributed by atoms with van der Waals surface area (Å²) in [6.07, 6.45) is 2.60. The normalized spacial score (nSPS) is 10.5. The number of benzene rings is 1. The lowest BCUT2D eigenvalue weighted by atomic mass is 10.1. The maximum Gasteiger partial charge on any atom is 0.169 e. The molecule has 0 aliphatic heterocycles. The van der Waals surface area contributed by atoms with Gasteiger partial charge in [-0.05, 0) is 31.0 Å². The predicted octanol–water partition coefficient (Wildman–Crippen LogP) is 3.70. The van der Waals surface area contributed by atoms with Gasteiger partial charge in [0.1, 0.15) is 5.69 Å². The van der Waals surface area contributed by atoms with Crippen molar-refractivity contribution in [3.63, 3.8) is 0 Å². The molecule has 17 heavy (non-hydrogen) atoms. The highest BCUT2D eigenvalue weighted by atomic mass is 35.5. The Hall–Kier alpha value is -1.19. The number of thiazole rings is 1. The summed E-state index contributed by atoms with van der Waals surface area (Å²) in [7, 11) is 0. The van der Waals surface area contributed by atoms with Crippen molar-refractivity contribution in [1.82, 2.24) is 4.98 Å². The van der Waals surface area contributed by atoms with Crippen LogP contribution in [0.2, 0.25) is 5.02 Å². The summed E-state index contributed by atoms with van der Waals surface area (Å²) in [6, 6.07) is 7.81. The molecular formula is C13H12ClNOS. The van der Waals surface area contributed by atoms with Gasteiger partial charge in [-0.3, -0.25) is 4.79 Å². The molecule has 0 saturated carbocycles. The van der Waals surface area contributed by atoms with Gasteiger partial charge in [-0.15, -0.1) is 11.3 Å². The van der Waals surface area contributed by atoms with Crippen LogP contribution in [-0.2, 0) is 12.8 Å². The molecule has 1 aromatic heterocycles. The van der Waals surface area contributed by atoms with E-state index in [0.717, 1.165) is 34.0 Å². The van der Waals surface area contributed by atoms with Crippen LogP contribution in [0.1, 0.15) is 25.9 Å². The average Bonchev–Trinajstić information content (AvgIpc) is 2.69. The highest BCUT2D eigenvalue weighted by Crippen LogP contribution is 2.18. The Morgan fingerprint density at radius 1 is 1.29 bits per heavy atom. The topological polar surface area (TPSA) is 30.0 Å². The predicted molar refractivity (Wildman–Crippen MR) is 71.1 cm³/mol. The van der Waals surface area contributed by atoms with Gasteiger partial charge < -0.3 is 0 Å². The Bertz CT molecular complexity index is 519. The monoisotopic (exact) mass is 265 g/mol. The minimum absolute atomic E-state index is 0.570. The molecule has 2 nitrogen and oxygen atoms in total. The number of carbonyl (C=O) groups is 1. The van der Waals surface area contributed by atoms with Crippen molar-refractivity contribution in [3.05, 3.63) is 50.4 Å². The van der Waals surface area contributed by atoms with Gasteiger partial charge >= 0.3 is 0 Å². The second-order valence-electron chi connectivity index (χ2n) is 3.79. The molecule has 2 aromatic rings. The first-order valence-electron chi connectivity index (χ1n) is 5.35. The Morgan fingerprint density at radius 2 is 2.00 bits per heavy atom. The number of carbonyl (C=O) groups excluding carboxylic acids is 1. The summed E-state index contributed by atoms with van der Waals surface area (Å²) in [5, 5.41) is 1.77. The van der Waals surface area contributed by atoms with E-state index in [-0.39, 0.29) is 0 Å². The molecule has 0 bridgehead atoms. The molecule has 0 fully saturated rings. The minimum Gasteiger partial charge on any atom is -0.296 e. The SMILES string of the molecule is Cc1sc(CCc2ccc(Cl)cc2)nc1C=O. The number of halogens is 1. The fourth-order valence-corrected chi connectivity index (χ4v) is 2.61. The lowest BCUT2D eigenvalue weighted by Gasteiger charge is -1.98. The van der Waals surface area contributed by atoms with Crippen molar-refractivity contribution in [2.24, 2.45) is 0 Å². The number of aldehydes is 1. The summed E-state index contributed by atoms with van der Waals surface area (Å²) in [6.45, 7) is 1.92. The molecule has 0 aliphatic rings. The molecule has 0 atom stereocenters. The van der Waals surface area contributed by atoms with Crippen molar-refractivity contribution in [1.29, 1.82) is 0 Å². The number of rotatable bonds is 4. The van der Waals surface area contributed by atoms with Gasteiger partial charge in [0.15, 0.2) is 6.29 Å². The summed E-state index contributed by atoms with van der Waals surface area (Å²) < 4.78 is 0. The van der Waals surface area contributed by atoms with Gasteiger partial charge in [0.25, 0.3) is 0 Å². The minimum atomic E-state index is 0.570. The van der Waals surface area contributed by atoms with E-state index in [1.807, 2.05) is 31.2 Å². The molecule has 0 amide bonds. The van der Waals surface area contributed by atoms with Crippen molar-refractivity contribution < 1.29 is 4.79 Å². The smallest absolute Gasteiger partial charge is 0.169 e. The number of aromatic nitrogens is 1. The molecule has 2 rings (SSSR count). The largest absolute Gasteiger partial charge is 0.296 e. The Balaban J connectivity index is 2.02. The molecule has 0 N–H and O–H groups in total. The van der Waals surface area contributed by atoms with E-state index in [0.29, 0.717) is 5.69 Å². The third-order valence-electron chi connectivity index (χ3n) is 2.53. The summed E-state index contributed by atoms with van der Waals surface area (Å²) in [4.78, 5) is 16.0. The van der Waals surface area contributed by atoms with Crippen LogP contribution < -0.4 is 0 Å². The second kappa shape index (κ2) is 5.43. The molecular weight excluding hydrogens is 254 g/mol. The molecule has 88 valence electrons. The van der Waals surface area contributed by atoms with Crippen LogP contribution in [0, 0.1) is 6.92 Å². The summed E-state index contributed by atoms with van der Waals surface area (Å²) in [5.41, 5.74) is 1.80. The van der Waals surface area contributed by atoms with Crippen LogP contribution in [0.4, 0.5) is 0 Å². The Labute approximate surface area is 109 Å². The average molecular weight is 266 g/mol. The zero-order valence-electron chi connectivity index (χ0n) is 9.44. The molecule has 0 aliphatic carbocycles. The van der Waals surface area contributed by atoms with Crippen LogP contribution in [0.15, 0.2) is 24.3 Å². The van der Waals surface area contributed by atoms with Gasteiger partial charge in [0, 0.05) is 16.3 Å². The van der Waals surface area contributed by atoms with E-state index < -0.39 is 0 Å². The van der Waals surface area contributed by atoms with Gasteiger partial charge in [-0.25, -0.2) is 4.98 Å². The van der Waals surface area contributed by atoms with Crippen molar-refractivity contribution in [2.45, 2.75) is 19.8 Å². The fraction of sp³-hybridized carbons (Fsp3) is 0.231. The lowest BCUT2D eigenvalue weighted by molar-refractivity contribution is 0.111. The highest BCUT2D eigenvalue weighted by molar-refractivity contribution is 7.11. The van der Waals surface area contributed by atoms with Crippen LogP contribution >= 0.6 is 22.9 Å². The van der Waals surface area contributed by atoms with Gasteiger partial charge in [0.05, 0.1) is 5.01 Å². The maximum atomic E-state index is 10.7. The van der Waals surface area contributed by atoms with E-state index in [4.69, 9.17) is 11.6 Å². The van der Waals surface area contributed by atoms with Gasteiger partial charge in [-0.1, -0.05) is 23.7 Å². The molecule has 1 aromatic carbocycles. The molecule has 0 spiro atoms. The van der Waals surface area contributed by atoms with Crippen LogP contribution in [0.5, 0.6) is 0 Å². The first-order chi connectivity index (χ1) is 8.19. The Kier molecular flexibility index (Phi) is 3.92.